The maximum absolute atomic E-state index is 11.8. The van der Waals surface area contributed by atoms with Crippen LogP contribution in [0.4, 0.5) is 5.69 Å². The lowest BCUT2D eigenvalue weighted by molar-refractivity contribution is -0.142. The van der Waals surface area contributed by atoms with Crippen LogP contribution in [0.5, 0.6) is 0 Å². The van der Waals surface area contributed by atoms with Crippen LogP contribution in [0.25, 0.3) is 17.0 Å². The van der Waals surface area contributed by atoms with Gasteiger partial charge in [-0.2, -0.15) is 0 Å². The van der Waals surface area contributed by atoms with Crippen molar-refractivity contribution in [3.63, 3.8) is 0 Å². The summed E-state index contributed by atoms with van der Waals surface area (Å²) >= 11 is 5.85. The highest BCUT2D eigenvalue weighted by molar-refractivity contribution is 6.32. The van der Waals surface area contributed by atoms with Crippen LogP contribution in [-0.4, -0.2) is 28.5 Å². The Morgan fingerprint density at radius 1 is 1.08 bits per heavy atom. The van der Waals surface area contributed by atoms with Gasteiger partial charge in [0.15, 0.2) is 11.8 Å². The minimum atomic E-state index is -0.634. The molecule has 0 atom stereocenters. The summed E-state index contributed by atoms with van der Waals surface area (Å²) in [4.78, 5) is 31.8. The summed E-state index contributed by atoms with van der Waals surface area (Å²) in [7, 11) is 0. The smallest absolute Gasteiger partial charge is 0.331 e. The molecule has 0 fully saturated rings. The van der Waals surface area contributed by atoms with E-state index in [9.17, 15) is 9.59 Å². The third kappa shape index (κ3) is 4.43. The Hall–Kier alpha value is -3.25. The Labute approximate surface area is 154 Å². The molecule has 1 N–H and O–H groups in total. The van der Waals surface area contributed by atoms with Gasteiger partial charge in [0.05, 0.1) is 11.2 Å². The number of pyridine rings is 2. The third-order valence-electron chi connectivity index (χ3n) is 3.44. The summed E-state index contributed by atoms with van der Waals surface area (Å²) in [5.74, 6) is -1.14. The van der Waals surface area contributed by atoms with Gasteiger partial charge in [0, 0.05) is 29.4 Å². The highest BCUT2D eigenvalue weighted by atomic mass is 35.5. The van der Waals surface area contributed by atoms with Crippen molar-refractivity contribution in [2.45, 2.75) is 0 Å². The molecule has 0 saturated carbocycles. The maximum atomic E-state index is 11.8. The monoisotopic (exact) mass is 367 g/mol. The van der Waals surface area contributed by atoms with Gasteiger partial charge in [-0.05, 0) is 24.3 Å². The molecule has 2 heterocycles. The predicted molar refractivity (Wildman–Crippen MR) is 99.6 cm³/mol. The van der Waals surface area contributed by atoms with Crippen molar-refractivity contribution >= 4 is 46.1 Å². The van der Waals surface area contributed by atoms with Crippen LogP contribution >= 0.6 is 11.6 Å². The van der Waals surface area contributed by atoms with Crippen LogP contribution in [-0.2, 0) is 14.3 Å². The van der Waals surface area contributed by atoms with Crippen LogP contribution in [0.3, 0.4) is 0 Å². The molecule has 0 bridgehead atoms. The third-order valence-corrected chi connectivity index (χ3v) is 3.74. The van der Waals surface area contributed by atoms with Gasteiger partial charge in [-0.15, -0.1) is 0 Å². The van der Waals surface area contributed by atoms with E-state index in [4.69, 9.17) is 16.3 Å². The molecule has 3 rings (SSSR count). The van der Waals surface area contributed by atoms with Crippen LogP contribution in [0.1, 0.15) is 5.56 Å². The lowest BCUT2D eigenvalue weighted by Gasteiger charge is -2.06. The number of aromatic nitrogens is 2. The molecule has 1 amide bonds. The molecular formula is C19H14ClN3O3. The normalized spacial score (nSPS) is 10.8. The van der Waals surface area contributed by atoms with Crippen LogP contribution in [0, 0.1) is 0 Å². The number of rotatable bonds is 5. The number of carbonyl (C=O) groups is 2. The minimum absolute atomic E-state index is 0.163. The van der Waals surface area contributed by atoms with Crippen LogP contribution in [0.2, 0.25) is 5.15 Å². The van der Waals surface area contributed by atoms with Crippen molar-refractivity contribution in [3.05, 3.63) is 71.7 Å². The van der Waals surface area contributed by atoms with Crippen molar-refractivity contribution < 1.29 is 14.3 Å². The first-order valence-corrected chi connectivity index (χ1v) is 8.10. The number of amides is 1. The van der Waals surface area contributed by atoms with E-state index in [-0.39, 0.29) is 5.15 Å². The summed E-state index contributed by atoms with van der Waals surface area (Å²) in [5.41, 5.74) is 1.92. The molecule has 0 spiro atoms. The lowest BCUT2D eigenvalue weighted by Crippen LogP contribution is -2.20. The molecule has 0 saturated heterocycles. The zero-order valence-corrected chi connectivity index (χ0v) is 14.3. The fourth-order valence-corrected chi connectivity index (χ4v) is 2.44. The summed E-state index contributed by atoms with van der Waals surface area (Å²) in [6.07, 6.45) is 6.05. The summed E-state index contributed by atoms with van der Waals surface area (Å²) < 4.78 is 4.93. The molecule has 130 valence electrons. The van der Waals surface area contributed by atoms with E-state index in [0.29, 0.717) is 5.69 Å². The van der Waals surface area contributed by atoms with Crippen molar-refractivity contribution in [2.75, 3.05) is 11.9 Å². The second-order valence-electron chi connectivity index (χ2n) is 5.25. The Morgan fingerprint density at radius 3 is 2.69 bits per heavy atom. The number of fused-ring (bicyclic) bond motifs is 1. The molecule has 1 aromatic carbocycles. The first kappa shape index (κ1) is 17.6. The first-order chi connectivity index (χ1) is 12.6. The zero-order valence-electron chi connectivity index (χ0n) is 13.6. The lowest BCUT2D eigenvalue weighted by atomic mass is 10.1. The van der Waals surface area contributed by atoms with Crippen LogP contribution < -0.4 is 5.32 Å². The van der Waals surface area contributed by atoms with E-state index < -0.39 is 18.5 Å². The predicted octanol–water partition coefficient (Wildman–Crippen LogP) is 3.48. The largest absolute Gasteiger partial charge is 0.452 e. The molecule has 0 radical (unpaired) electrons. The first-order valence-electron chi connectivity index (χ1n) is 7.72. The topological polar surface area (TPSA) is 81.2 Å². The van der Waals surface area contributed by atoms with E-state index in [0.717, 1.165) is 16.5 Å². The number of nitrogens with zero attached hydrogens (tertiary/aromatic N) is 2. The zero-order chi connectivity index (χ0) is 18.4. The summed E-state index contributed by atoms with van der Waals surface area (Å²) in [6, 6.07) is 12.7. The highest BCUT2D eigenvalue weighted by Crippen LogP contribution is 2.18. The number of halogens is 1. The summed E-state index contributed by atoms with van der Waals surface area (Å²) in [6.45, 7) is -0.428. The minimum Gasteiger partial charge on any atom is -0.452 e. The van der Waals surface area contributed by atoms with E-state index in [1.807, 2.05) is 30.3 Å². The number of benzene rings is 1. The van der Waals surface area contributed by atoms with Gasteiger partial charge in [0.2, 0.25) is 0 Å². The quantitative estimate of drug-likeness (QED) is 0.424. The fraction of sp³-hybridized carbons (Fsp3) is 0.0526. The molecule has 26 heavy (non-hydrogen) atoms. The van der Waals surface area contributed by atoms with Crippen molar-refractivity contribution in [2.24, 2.45) is 0 Å². The number of ether oxygens (including phenoxy) is 1. The molecule has 6 nitrogen and oxygen atoms in total. The van der Waals surface area contributed by atoms with E-state index >= 15 is 0 Å². The highest BCUT2D eigenvalue weighted by Gasteiger charge is 2.08. The molecular weight excluding hydrogens is 354 g/mol. The SMILES string of the molecule is O=C(COC(=O)/C=C/c1cccc2cccnc12)Nc1cccnc1Cl. The molecule has 0 aliphatic heterocycles. The maximum Gasteiger partial charge on any atom is 0.331 e. The van der Waals surface area contributed by atoms with Gasteiger partial charge in [-0.1, -0.05) is 35.9 Å². The standard InChI is InChI=1S/C19H14ClN3O3/c20-19-15(7-3-11-22-19)23-16(24)12-26-17(25)9-8-14-5-1-4-13-6-2-10-21-18(13)14/h1-11H,12H2,(H,23,24)/b9-8+. The number of para-hydroxylation sites is 1. The number of esters is 1. The molecule has 0 aliphatic carbocycles. The van der Waals surface area contributed by atoms with Gasteiger partial charge in [-0.25, -0.2) is 9.78 Å². The Morgan fingerprint density at radius 2 is 1.85 bits per heavy atom. The summed E-state index contributed by atoms with van der Waals surface area (Å²) in [5, 5.41) is 3.65. The fourth-order valence-electron chi connectivity index (χ4n) is 2.27. The van der Waals surface area contributed by atoms with Gasteiger partial charge < -0.3 is 10.1 Å². The molecule has 3 aromatic rings. The Kier molecular flexibility index (Phi) is 5.56. The average molecular weight is 368 g/mol. The van der Waals surface area contributed by atoms with Crippen molar-refractivity contribution in [3.8, 4) is 0 Å². The number of carbonyl (C=O) groups excluding carboxylic acids is 2. The number of hydrogen-bond donors (Lipinski definition) is 1. The molecule has 0 aliphatic rings. The second kappa shape index (κ2) is 8.22. The van der Waals surface area contributed by atoms with Gasteiger partial charge in [0.1, 0.15) is 0 Å². The Bertz CT molecular complexity index is 983. The van der Waals surface area contributed by atoms with E-state index in [1.54, 1.807) is 24.4 Å². The van der Waals surface area contributed by atoms with Gasteiger partial charge in [-0.3, -0.25) is 9.78 Å². The van der Waals surface area contributed by atoms with Gasteiger partial charge >= 0.3 is 5.97 Å². The van der Waals surface area contributed by atoms with Crippen molar-refractivity contribution in [1.82, 2.24) is 9.97 Å². The number of nitrogens with one attached hydrogen (secondary N) is 1. The Balaban J connectivity index is 1.58. The van der Waals surface area contributed by atoms with Crippen LogP contribution in [0.15, 0.2) is 60.9 Å². The molecule has 7 heteroatoms. The number of anilines is 1. The number of hydrogen-bond acceptors (Lipinski definition) is 5. The molecule has 2 aromatic heterocycles. The van der Waals surface area contributed by atoms with Gasteiger partial charge in [0.25, 0.3) is 5.91 Å². The average Bonchev–Trinajstić information content (AvgIpc) is 2.66. The van der Waals surface area contributed by atoms with E-state index in [1.165, 1.54) is 12.3 Å². The van der Waals surface area contributed by atoms with E-state index in [2.05, 4.69) is 15.3 Å². The van der Waals surface area contributed by atoms with Crippen molar-refractivity contribution in [1.29, 1.82) is 0 Å². The molecule has 0 unspecified atom stereocenters. The second-order valence-corrected chi connectivity index (χ2v) is 5.61.